The average molecular weight is 464 g/mol. The van der Waals surface area contributed by atoms with Crippen LogP contribution in [-0.2, 0) is 16.0 Å². The first-order chi connectivity index (χ1) is 17.0. The van der Waals surface area contributed by atoms with Gasteiger partial charge in [-0.25, -0.2) is 4.79 Å². The Hall–Kier alpha value is -4.45. The van der Waals surface area contributed by atoms with Crippen molar-refractivity contribution in [2.24, 2.45) is 5.10 Å². The summed E-state index contributed by atoms with van der Waals surface area (Å²) in [6.07, 6.45) is 7.19. The number of carboxylic acid groups (broad SMARTS) is 1. The van der Waals surface area contributed by atoms with E-state index in [0.717, 1.165) is 30.0 Å². The Kier molecular flexibility index (Phi) is 6.02. The number of fused-ring (bicyclic) bond motifs is 1. The van der Waals surface area contributed by atoms with E-state index in [1.165, 1.54) is 28.6 Å². The van der Waals surface area contributed by atoms with Crippen LogP contribution in [0.5, 0.6) is 0 Å². The van der Waals surface area contributed by atoms with E-state index < -0.39 is 11.9 Å². The van der Waals surface area contributed by atoms with Crippen molar-refractivity contribution in [1.82, 2.24) is 0 Å². The van der Waals surface area contributed by atoms with E-state index in [1.54, 1.807) is 30.3 Å². The molecule has 0 radical (unpaired) electrons. The van der Waals surface area contributed by atoms with Crippen molar-refractivity contribution in [2.75, 3.05) is 16.5 Å². The molecule has 0 saturated carbocycles. The molecule has 2 heterocycles. The normalized spacial score (nSPS) is 16.7. The van der Waals surface area contributed by atoms with Gasteiger partial charge in [0.05, 0.1) is 11.3 Å². The molecule has 1 amide bonds. The number of aryl methyl sites for hydroxylation is 2. The highest BCUT2D eigenvalue weighted by molar-refractivity contribution is 6.52. The first kappa shape index (κ1) is 22.3. The topological polar surface area (TPSA) is 73.2 Å². The number of nitrogens with zero attached hydrogens (tertiary/aromatic N) is 3. The van der Waals surface area contributed by atoms with Crippen LogP contribution in [0, 0.1) is 6.92 Å². The van der Waals surface area contributed by atoms with Gasteiger partial charge >= 0.3 is 5.97 Å². The zero-order chi connectivity index (χ0) is 24.4. The Bertz CT molecular complexity index is 1370. The minimum atomic E-state index is -1.23. The smallest absolute Gasteiger partial charge is 0.357 e. The largest absolute Gasteiger partial charge is 0.476 e. The lowest BCUT2D eigenvalue weighted by atomic mass is 9.98. The molecule has 6 heteroatoms. The molecule has 3 aromatic rings. The number of carbonyl (C=O) groups is 2. The highest BCUT2D eigenvalue weighted by Gasteiger charge is 2.34. The number of carboxylic acids is 1. The van der Waals surface area contributed by atoms with Gasteiger partial charge in [0.15, 0.2) is 5.71 Å². The molecule has 3 aromatic carbocycles. The van der Waals surface area contributed by atoms with Crippen LogP contribution >= 0.6 is 0 Å². The van der Waals surface area contributed by atoms with E-state index in [-0.39, 0.29) is 11.3 Å². The summed E-state index contributed by atoms with van der Waals surface area (Å²) in [4.78, 5) is 26.9. The predicted molar refractivity (Wildman–Crippen MR) is 139 cm³/mol. The molecular weight excluding hydrogens is 438 g/mol. The molecule has 0 atom stereocenters. The van der Waals surface area contributed by atoms with Crippen LogP contribution in [0.4, 0.5) is 17.1 Å². The summed E-state index contributed by atoms with van der Waals surface area (Å²) in [5.41, 5.74) is 6.22. The zero-order valence-corrected chi connectivity index (χ0v) is 19.4. The number of rotatable bonds is 5. The Morgan fingerprint density at radius 2 is 1.77 bits per heavy atom. The molecule has 2 aliphatic heterocycles. The number of anilines is 3. The minimum absolute atomic E-state index is 0.0566. The molecule has 0 bridgehead atoms. The number of benzene rings is 3. The molecule has 1 N–H and O–H groups in total. The van der Waals surface area contributed by atoms with Crippen LogP contribution < -0.4 is 9.91 Å². The fraction of sp³-hybridized carbons (Fsp3) is 0.138. The first-order valence-electron chi connectivity index (χ1n) is 11.6. The molecule has 35 heavy (non-hydrogen) atoms. The van der Waals surface area contributed by atoms with E-state index in [1.807, 2.05) is 18.2 Å². The van der Waals surface area contributed by atoms with Crippen molar-refractivity contribution in [3.63, 3.8) is 0 Å². The van der Waals surface area contributed by atoms with E-state index in [2.05, 4.69) is 53.3 Å². The monoisotopic (exact) mass is 463 g/mol. The van der Waals surface area contributed by atoms with Crippen molar-refractivity contribution in [3.8, 4) is 0 Å². The molecule has 0 aliphatic carbocycles. The summed E-state index contributed by atoms with van der Waals surface area (Å²) < 4.78 is 0. The van der Waals surface area contributed by atoms with E-state index in [0.29, 0.717) is 5.69 Å². The lowest BCUT2D eigenvalue weighted by Gasteiger charge is -2.31. The average Bonchev–Trinajstić information content (AvgIpc) is 3.21. The SMILES string of the molecule is Cc1ccc(N2CCCc3cc(/C=C/C=C4\C(=O)N(c5ccccc5)N=C4C(=O)O)ccc32)cc1. The van der Waals surface area contributed by atoms with Gasteiger partial charge in [0.2, 0.25) is 0 Å². The Morgan fingerprint density at radius 1 is 1.00 bits per heavy atom. The van der Waals surface area contributed by atoms with Crippen molar-refractivity contribution in [2.45, 2.75) is 19.8 Å². The fourth-order valence-corrected chi connectivity index (χ4v) is 4.44. The summed E-state index contributed by atoms with van der Waals surface area (Å²) in [6.45, 7) is 3.07. The van der Waals surface area contributed by atoms with Crippen molar-refractivity contribution in [3.05, 3.63) is 107 Å². The Labute approximate surface area is 204 Å². The molecule has 5 rings (SSSR count). The van der Waals surface area contributed by atoms with Gasteiger partial charge in [-0.15, -0.1) is 0 Å². The number of hydrogen-bond donors (Lipinski definition) is 1. The highest BCUT2D eigenvalue weighted by atomic mass is 16.4. The molecule has 174 valence electrons. The van der Waals surface area contributed by atoms with Crippen LogP contribution in [-0.4, -0.2) is 29.2 Å². The maximum Gasteiger partial charge on any atom is 0.357 e. The number of hydrazone groups is 1. The highest BCUT2D eigenvalue weighted by Crippen LogP contribution is 2.34. The van der Waals surface area contributed by atoms with Gasteiger partial charge in [0.1, 0.15) is 0 Å². The molecule has 0 spiro atoms. The van der Waals surface area contributed by atoms with Crippen molar-refractivity contribution < 1.29 is 14.7 Å². The summed E-state index contributed by atoms with van der Waals surface area (Å²) >= 11 is 0. The third kappa shape index (κ3) is 4.51. The molecule has 0 aromatic heterocycles. The summed E-state index contributed by atoms with van der Waals surface area (Å²) in [7, 11) is 0. The van der Waals surface area contributed by atoms with Crippen LogP contribution in [0.15, 0.2) is 95.6 Å². The second kappa shape index (κ2) is 9.43. The van der Waals surface area contributed by atoms with E-state index in [4.69, 9.17) is 0 Å². The maximum atomic E-state index is 12.9. The molecule has 2 aliphatic rings. The number of hydrogen-bond acceptors (Lipinski definition) is 4. The number of aliphatic carboxylic acids is 1. The van der Waals surface area contributed by atoms with Crippen molar-refractivity contribution in [1.29, 1.82) is 0 Å². The minimum Gasteiger partial charge on any atom is -0.476 e. The first-order valence-corrected chi connectivity index (χ1v) is 11.6. The number of carbonyl (C=O) groups excluding carboxylic acids is 1. The third-order valence-corrected chi connectivity index (χ3v) is 6.20. The third-order valence-electron chi connectivity index (χ3n) is 6.20. The Morgan fingerprint density at radius 3 is 2.51 bits per heavy atom. The van der Waals surface area contributed by atoms with Crippen molar-refractivity contribution >= 4 is 40.7 Å². The summed E-state index contributed by atoms with van der Waals surface area (Å²) in [5.74, 6) is -1.70. The standard InChI is InChI=1S/C29H25N3O3/c1-20-12-15-23(16-13-20)31-18-6-8-22-19-21(14-17-26(22)31)7-5-11-25-27(29(34)35)30-32(28(25)33)24-9-3-2-4-10-24/h2-5,7,9-17,19H,6,8,18H2,1H3,(H,34,35)/b7-5+,25-11-. The lowest BCUT2D eigenvalue weighted by molar-refractivity contribution is -0.129. The van der Waals surface area contributed by atoms with Gasteiger partial charge < -0.3 is 10.0 Å². The van der Waals surface area contributed by atoms with Crippen LogP contribution in [0.3, 0.4) is 0 Å². The molecule has 0 fully saturated rings. The van der Waals surface area contributed by atoms with Gasteiger partial charge in [0, 0.05) is 17.9 Å². The molecule has 6 nitrogen and oxygen atoms in total. The quantitative estimate of drug-likeness (QED) is 0.507. The predicted octanol–water partition coefficient (Wildman–Crippen LogP) is 5.51. The second-order valence-corrected chi connectivity index (χ2v) is 8.62. The van der Waals surface area contributed by atoms with Crippen LogP contribution in [0.1, 0.15) is 23.1 Å². The second-order valence-electron chi connectivity index (χ2n) is 8.62. The maximum absolute atomic E-state index is 12.9. The van der Waals surface area contributed by atoms with E-state index >= 15 is 0 Å². The van der Waals surface area contributed by atoms with Gasteiger partial charge in [0.25, 0.3) is 5.91 Å². The molecular formula is C29H25N3O3. The van der Waals surface area contributed by atoms with Gasteiger partial charge in [-0.05, 0) is 73.4 Å². The summed E-state index contributed by atoms with van der Waals surface area (Å²) in [5, 5.41) is 14.7. The van der Waals surface area contributed by atoms with E-state index in [9.17, 15) is 14.7 Å². The number of para-hydroxylation sites is 1. The fourth-order valence-electron chi connectivity index (χ4n) is 4.44. The van der Waals surface area contributed by atoms with Gasteiger partial charge in [-0.2, -0.15) is 10.1 Å². The number of allylic oxidation sites excluding steroid dienone is 2. The lowest BCUT2D eigenvalue weighted by Crippen LogP contribution is -2.24. The van der Waals surface area contributed by atoms with Crippen LogP contribution in [0.25, 0.3) is 6.08 Å². The number of amides is 1. The Balaban J connectivity index is 1.39. The zero-order valence-electron chi connectivity index (χ0n) is 19.4. The molecule has 0 saturated heterocycles. The summed E-state index contributed by atoms with van der Waals surface area (Å²) in [6, 6.07) is 23.7. The van der Waals surface area contributed by atoms with Gasteiger partial charge in [-0.3, -0.25) is 4.79 Å². The van der Waals surface area contributed by atoms with Crippen LogP contribution in [0.2, 0.25) is 0 Å². The van der Waals surface area contributed by atoms with Gasteiger partial charge in [-0.1, -0.05) is 54.1 Å². The molecule has 0 unspecified atom stereocenters.